The average Bonchev–Trinajstić information content (AvgIpc) is 2.95. The molecule has 9 heteroatoms. The van der Waals surface area contributed by atoms with Gasteiger partial charge in [0.05, 0.1) is 23.7 Å². The molecule has 0 saturated heterocycles. The first kappa shape index (κ1) is 17.4. The maximum Gasteiger partial charge on any atom is 0.315 e. The summed E-state index contributed by atoms with van der Waals surface area (Å²) >= 11 is 4.80. The molecule has 0 aromatic carbocycles. The van der Waals surface area contributed by atoms with E-state index in [0.717, 1.165) is 8.79 Å². The Labute approximate surface area is 145 Å². The molecule has 23 heavy (non-hydrogen) atoms. The van der Waals surface area contributed by atoms with E-state index in [1.54, 1.807) is 12.3 Å². The van der Waals surface area contributed by atoms with Gasteiger partial charge < -0.3 is 9.64 Å². The first-order valence-corrected chi connectivity index (χ1v) is 8.39. The maximum absolute atomic E-state index is 11.4. The van der Waals surface area contributed by atoms with E-state index >= 15 is 0 Å². The van der Waals surface area contributed by atoms with Crippen molar-refractivity contribution in [2.24, 2.45) is 0 Å². The molecule has 2 aromatic rings. The van der Waals surface area contributed by atoms with E-state index in [-0.39, 0.29) is 12.3 Å². The lowest BCUT2D eigenvalue weighted by atomic mass is 10.3. The summed E-state index contributed by atoms with van der Waals surface area (Å²) in [5, 5.41) is 11.4. The number of halogens is 1. The van der Waals surface area contributed by atoms with Crippen LogP contribution in [0.2, 0.25) is 0 Å². The molecule has 0 N–H and O–H groups in total. The summed E-state index contributed by atoms with van der Waals surface area (Å²) in [5.74, 6) is 0.657. The topological polar surface area (TPSA) is 81.4 Å². The largest absolute Gasteiger partial charge is 0.488 e. The molecule has 0 bridgehead atoms. The predicted octanol–water partition coefficient (Wildman–Crippen LogP) is 3.80. The smallest absolute Gasteiger partial charge is 0.315 e. The highest BCUT2D eigenvalue weighted by Crippen LogP contribution is 2.31. The number of rotatable bonds is 8. The monoisotopic (exact) mass is 398 g/mol. The highest BCUT2D eigenvalue weighted by molar-refractivity contribution is 9.11. The van der Waals surface area contributed by atoms with Crippen LogP contribution in [0.3, 0.4) is 0 Å². The van der Waals surface area contributed by atoms with E-state index in [4.69, 9.17) is 4.74 Å². The van der Waals surface area contributed by atoms with Gasteiger partial charge in [-0.1, -0.05) is 12.7 Å². The normalized spacial score (nSPS) is 10.3. The van der Waals surface area contributed by atoms with Crippen molar-refractivity contribution in [1.29, 1.82) is 0 Å². The first-order chi connectivity index (χ1) is 11.0. The number of hydrogen-bond acceptors (Lipinski definition) is 7. The molecule has 0 amide bonds. The fraction of sp³-hybridized carbons (Fsp3) is 0.286. The summed E-state index contributed by atoms with van der Waals surface area (Å²) in [6.07, 6.45) is 4.79. The molecule has 122 valence electrons. The Morgan fingerprint density at radius 2 is 2.30 bits per heavy atom. The molecule has 0 spiro atoms. The fourth-order valence-corrected chi connectivity index (χ4v) is 3.29. The number of nitro groups is 1. The molecule has 7 nitrogen and oxygen atoms in total. The summed E-state index contributed by atoms with van der Waals surface area (Å²) in [6, 6.07) is 1.39. The summed E-state index contributed by atoms with van der Waals surface area (Å²) in [4.78, 5) is 22.1. The van der Waals surface area contributed by atoms with E-state index in [0.29, 0.717) is 24.7 Å². The highest BCUT2D eigenvalue weighted by Gasteiger charge is 2.22. The standard InChI is InChI=1S/C14H15BrN4O3S/c1-3-5-22-10-6-12(19(20)21)13(16-7-10)18(4-2)9-11-8-17-14(15)23-11/h3,6-8H,1,4-5,9H2,2H3. The minimum atomic E-state index is -0.450. The maximum atomic E-state index is 11.4. The van der Waals surface area contributed by atoms with E-state index in [1.165, 1.54) is 23.6 Å². The van der Waals surface area contributed by atoms with Crippen molar-refractivity contribution in [3.05, 3.63) is 50.0 Å². The zero-order valence-electron chi connectivity index (χ0n) is 12.4. The van der Waals surface area contributed by atoms with Gasteiger partial charge in [-0.05, 0) is 22.9 Å². The SMILES string of the molecule is C=CCOc1cnc(N(CC)Cc2cnc(Br)s2)c([N+](=O)[O-])c1. The Hall–Kier alpha value is -2.00. The second-order valence-corrected chi connectivity index (χ2v) is 6.86. The van der Waals surface area contributed by atoms with Gasteiger partial charge in [0.2, 0.25) is 5.82 Å². The summed E-state index contributed by atoms with van der Waals surface area (Å²) in [7, 11) is 0. The van der Waals surface area contributed by atoms with Crippen molar-refractivity contribution < 1.29 is 9.66 Å². The molecule has 2 aromatic heterocycles. The van der Waals surface area contributed by atoms with Crippen LogP contribution in [-0.2, 0) is 6.54 Å². The van der Waals surface area contributed by atoms with Gasteiger partial charge in [-0.2, -0.15) is 0 Å². The van der Waals surface area contributed by atoms with Gasteiger partial charge in [-0.3, -0.25) is 10.1 Å². The van der Waals surface area contributed by atoms with Crippen molar-refractivity contribution in [3.8, 4) is 5.75 Å². The van der Waals surface area contributed by atoms with Crippen molar-refractivity contribution in [1.82, 2.24) is 9.97 Å². The first-order valence-electron chi connectivity index (χ1n) is 6.78. The Kier molecular flexibility index (Phi) is 6.05. The number of anilines is 1. The summed E-state index contributed by atoms with van der Waals surface area (Å²) in [5.41, 5.74) is -0.0861. The Morgan fingerprint density at radius 1 is 1.52 bits per heavy atom. The van der Waals surface area contributed by atoms with Crippen molar-refractivity contribution in [3.63, 3.8) is 0 Å². The molecule has 0 fully saturated rings. The van der Waals surface area contributed by atoms with Gasteiger partial charge in [0.15, 0.2) is 3.92 Å². The number of aromatic nitrogens is 2. The zero-order chi connectivity index (χ0) is 16.8. The van der Waals surface area contributed by atoms with Crippen LogP contribution in [0.15, 0.2) is 35.0 Å². The Bertz CT molecular complexity index is 707. The Balaban J connectivity index is 2.30. The molecule has 2 heterocycles. The lowest BCUT2D eigenvalue weighted by Gasteiger charge is -2.20. The molecule has 0 aliphatic carbocycles. The van der Waals surface area contributed by atoms with Gasteiger partial charge >= 0.3 is 5.69 Å². The second-order valence-electron chi connectivity index (χ2n) is 4.46. The number of ether oxygens (including phenoxy) is 1. The number of nitrogens with zero attached hydrogens (tertiary/aromatic N) is 4. The van der Waals surface area contributed by atoms with Crippen molar-refractivity contribution >= 4 is 38.8 Å². The minimum Gasteiger partial charge on any atom is -0.488 e. The zero-order valence-corrected chi connectivity index (χ0v) is 14.8. The van der Waals surface area contributed by atoms with Crippen LogP contribution >= 0.6 is 27.3 Å². The van der Waals surface area contributed by atoms with E-state index < -0.39 is 4.92 Å². The quantitative estimate of drug-likeness (QED) is 0.382. The molecular weight excluding hydrogens is 384 g/mol. The van der Waals surface area contributed by atoms with Crippen LogP contribution in [0.4, 0.5) is 11.5 Å². The second kappa shape index (κ2) is 8.02. The van der Waals surface area contributed by atoms with Crippen LogP contribution in [0.1, 0.15) is 11.8 Å². The third-order valence-electron chi connectivity index (χ3n) is 2.94. The summed E-state index contributed by atoms with van der Waals surface area (Å²) in [6.45, 7) is 6.81. The molecular formula is C14H15BrN4O3S. The third-order valence-corrected chi connectivity index (χ3v) is 4.40. The number of hydrogen-bond donors (Lipinski definition) is 0. The molecule has 2 rings (SSSR count). The molecule has 0 aliphatic heterocycles. The molecule has 0 atom stereocenters. The van der Waals surface area contributed by atoms with Gasteiger partial charge in [0, 0.05) is 17.6 Å². The van der Waals surface area contributed by atoms with Crippen LogP contribution in [0.25, 0.3) is 0 Å². The lowest BCUT2D eigenvalue weighted by Crippen LogP contribution is -2.23. The van der Waals surface area contributed by atoms with E-state index in [9.17, 15) is 10.1 Å². The van der Waals surface area contributed by atoms with Crippen LogP contribution < -0.4 is 9.64 Å². The minimum absolute atomic E-state index is 0.0861. The van der Waals surface area contributed by atoms with Crippen LogP contribution in [0, 0.1) is 10.1 Å². The van der Waals surface area contributed by atoms with Gasteiger partial charge in [0.25, 0.3) is 0 Å². The van der Waals surface area contributed by atoms with E-state index in [2.05, 4.69) is 32.5 Å². The lowest BCUT2D eigenvalue weighted by molar-refractivity contribution is -0.384. The van der Waals surface area contributed by atoms with Gasteiger partial charge in [-0.25, -0.2) is 9.97 Å². The Morgan fingerprint density at radius 3 is 2.87 bits per heavy atom. The van der Waals surface area contributed by atoms with Crippen LogP contribution in [0.5, 0.6) is 5.75 Å². The van der Waals surface area contributed by atoms with Crippen molar-refractivity contribution in [2.45, 2.75) is 13.5 Å². The molecule has 0 unspecified atom stereocenters. The fourth-order valence-electron chi connectivity index (χ4n) is 1.92. The van der Waals surface area contributed by atoms with Gasteiger partial charge in [-0.15, -0.1) is 11.3 Å². The molecule has 0 radical (unpaired) electrons. The van der Waals surface area contributed by atoms with Gasteiger partial charge in [0.1, 0.15) is 12.4 Å². The average molecular weight is 399 g/mol. The van der Waals surface area contributed by atoms with Crippen molar-refractivity contribution in [2.75, 3.05) is 18.1 Å². The highest BCUT2D eigenvalue weighted by atomic mass is 79.9. The molecule has 0 aliphatic rings. The van der Waals surface area contributed by atoms with E-state index in [1.807, 2.05) is 11.8 Å². The molecule has 0 saturated carbocycles. The summed E-state index contributed by atoms with van der Waals surface area (Å²) < 4.78 is 6.10. The number of pyridine rings is 1. The predicted molar refractivity (Wildman–Crippen MR) is 93.1 cm³/mol. The van der Waals surface area contributed by atoms with Crippen LogP contribution in [-0.4, -0.2) is 28.0 Å². The number of thiazole rings is 1. The third kappa shape index (κ3) is 4.49.